The number of carbonyl (C=O) groups is 5. The number of nitrogens with one attached hydrogen (secondary N) is 2. The third-order valence-electron chi connectivity index (χ3n) is 12.3. The molecule has 1 aromatic carbocycles. The molecule has 3 N–H and O–H groups in total. The second-order valence-electron chi connectivity index (χ2n) is 17.2. The zero-order chi connectivity index (χ0) is 45.6. The van der Waals surface area contributed by atoms with Crippen molar-refractivity contribution in [3.63, 3.8) is 0 Å². The van der Waals surface area contributed by atoms with E-state index in [1.54, 1.807) is 44.7 Å². The quantitative estimate of drug-likeness (QED) is 0.130. The van der Waals surface area contributed by atoms with E-state index in [-0.39, 0.29) is 54.5 Å². The first-order chi connectivity index (χ1) is 28.2. The van der Waals surface area contributed by atoms with Crippen molar-refractivity contribution < 1.29 is 43.3 Å². The average Bonchev–Trinajstić information content (AvgIpc) is 3.71. The molecule has 14 heteroatoms. The minimum atomic E-state index is -0.937. The number of aliphatic hydroxyl groups excluding tert-OH is 1. The Morgan fingerprint density at radius 3 is 2.12 bits per heavy atom. The van der Waals surface area contributed by atoms with Gasteiger partial charge in [-0.15, -0.1) is 0 Å². The van der Waals surface area contributed by atoms with Crippen molar-refractivity contribution in [2.45, 2.75) is 150 Å². The molecule has 0 spiro atoms. The van der Waals surface area contributed by atoms with Crippen molar-refractivity contribution in [2.24, 2.45) is 23.7 Å². The smallest absolute Gasteiger partial charge is 0.410 e. The maximum absolute atomic E-state index is 14.4. The molecule has 0 saturated carbocycles. The number of ether oxygens (including phenoxy) is 3. The molecule has 2 rings (SSSR count). The topological polar surface area (TPSA) is 167 Å². The molecule has 5 amide bonds. The van der Waals surface area contributed by atoms with Crippen LogP contribution in [0.4, 0.5) is 4.79 Å². The van der Waals surface area contributed by atoms with E-state index in [9.17, 15) is 29.1 Å². The predicted molar refractivity (Wildman–Crippen MR) is 235 cm³/mol. The first-order valence-electron chi connectivity index (χ1n) is 21.8. The van der Waals surface area contributed by atoms with Gasteiger partial charge in [-0.05, 0) is 81.1 Å². The van der Waals surface area contributed by atoms with Crippen LogP contribution in [0.3, 0.4) is 0 Å². The monoisotopic (exact) mass is 844 g/mol. The van der Waals surface area contributed by atoms with Crippen molar-refractivity contribution in [3.8, 4) is 0 Å². The van der Waals surface area contributed by atoms with Crippen LogP contribution in [-0.2, 0) is 33.4 Å². The lowest BCUT2D eigenvalue weighted by Gasteiger charge is -2.41. The van der Waals surface area contributed by atoms with Crippen LogP contribution >= 0.6 is 0 Å². The Morgan fingerprint density at radius 2 is 1.58 bits per heavy atom. The lowest BCUT2D eigenvalue weighted by molar-refractivity contribution is -0.148. The van der Waals surface area contributed by atoms with Crippen LogP contribution in [0.5, 0.6) is 0 Å². The summed E-state index contributed by atoms with van der Waals surface area (Å²) in [6.45, 7) is 21.2. The molecular formula is C46H77N5O9. The molecule has 10 atom stereocenters. The normalized spacial score (nSPS) is 19.1. The Labute approximate surface area is 360 Å². The molecule has 1 fully saturated rings. The third-order valence-corrected chi connectivity index (χ3v) is 12.3. The first kappa shape index (κ1) is 52.1. The van der Waals surface area contributed by atoms with Crippen LogP contribution in [0, 0.1) is 23.7 Å². The summed E-state index contributed by atoms with van der Waals surface area (Å²) in [5.74, 6) is -2.57. The summed E-state index contributed by atoms with van der Waals surface area (Å²) < 4.78 is 17.1. The molecule has 60 heavy (non-hydrogen) atoms. The van der Waals surface area contributed by atoms with Gasteiger partial charge in [0.15, 0.2) is 0 Å². The predicted octanol–water partition coefficient (Wildman–Crippen LogP) is 5.82. The summed E-state index contributed by atoms with van der Waals surface area (Å²) in [5.41, 5.74) is 2.78. The Morgan fingerprint density at radius 1 is 0.933 bits per heavy atom. The Balaban J connectivity index is 2.28. The van der Waals surface area contributed by atoms with Gasteiger partial charge in [-0.25, -0.2) is 4.79 Å². The Hall–Kier alpha value is -4.01. The number of hydrogen-bond acceptors (Lipinski definition) is 9. The number of likely N-dealkylation sites (tertiary alicyclic amines) is 1. The molecule has 340 valence electrons. The van der Waals surface area contributed by atoms with Crippen molar-refractivity contribution in [1.82, 2.24) is 25.3 Å². The summed E-state index contributed by atoms with van der Waals surface area (Å²) in [6.07, 6.45) is 1.16. The van der Waals surface area contributed by atoms with Gasteiger partial charge in [0.1, 0.15) is 12.1 Å². The van der Waals surface area contributed by atoms with E-state index in [0.29, 0.717) is 24.9 Å². The van der Waals surface area contributed by atoms with E-state index >= 15 is 0 Å². The number of hydrogen-bond donors (Lipinski definition) is 3. The number of aliphatic hydroxyl groups is 1. The van der Waals surface area contributed by atoms with Crippen molar-refractivity contribution >= 4 is 35.3 Å². The van der Waals surface area contributed by atoms with Crippen LogP contribution in [0.25, 0.3) is 5.57 Å². The number of methoxy groups -OCH3 is 2. The van der Waals surface area contributed by atoms with E-state index in [1.807, 2.05) is 85.7 Å². The van der Waals surface area contributed by atoms with Gasteiger partial charge in [0, 0.05) is 34.9 Å². The summed E-state index contributed by atoms with van der Waals surface area (Å²) >= 11 is 0. The van der Waals surface area contributed by atoms with Crippen LogP contribution in [0.1, 0.15) is 119 Å². The molecule has 1 aliphatic heterocycles. The van der Waals surface area contributed by atoms with E-state index in [0.717, 1.165) is 17.6 Å². The summed E-state index contributed by atoms with van der Waals surface area (Å²) in [7, 11) is 6.27. The number of rotatable bonds is 22. The van der Waals surface area contributed by atoms with Crippen molar-refractivity contribution in [3.05, 3.63) is 41.5 Å². The maximum atomic E-state index is 14.4. The van der Waals surface area contributed by atoms with Gasteiger partial charge in [0.2, 0.25) is 23.6 Å². The van der Waals surface area contributed by atoms with Gasteiger partial charge in [0.25, 0.3) is 0 Å². The molecule has 0 bridgehead atoms. The zero-order valence-electron chi connectivity index (χ0n) is 39.1. The molecular weight excluding hydrogens is 767 g/mol. The standard InChI is InChI=1S/C46H77N5O9/c1-16-29(8)33-21-19-22-34(25-33)41(53)32(11)47-43(54)31(10)42(59-15)35-23-20-24-51(35)37(52)26-36(58-14)40(30(9)17-2)49(12)45(56)38(27(4)5)48-44(55)39(28(6)7)50(13)46(57)60-18-3/h16,19,21-22,25,27-28,30-32,35-36,38-42,53H,17-18,20,23-24,26H2,1-15H3,(H,47,54)(H,48,55)/b29-16+/t30-,31+,32+,35-,36+,38?,39-,40-,41+,42+/m0/s1. The highest BCUT2D eigenvalue weighted by atomic mass is 16.6. The average molecular weight is 844 g/mol. The maximum Gasteiger partial charge on any atom is 0.410 e. The number of nitrogens with zero attached hydrogens (tertiary/aromatic N) is 3. The van der Waals surface area contributed by atoms with Crippen LogP contribution in [0.2, 0.25) is 0 Å². The fraction of sp³-hybridized carbons (Fsp3) is 0.717. The van der Waals surface area contributed by atoms with Gasteiger partial charge >= 0.3 is 6.09 Å². The highest BCUT2D eigenvalue weighted by molar-refractivity contribution is 5.91. The lowest BCUT2D eigenvalue weighted by Crippen LogP contribution is -2.60. The molecule has 0 aromatic heterocycles. The first-order valence-corrected chi connectivity index (χ1v) is 21.8. The van der Waals surface area contributed by atoms with Gasteiger partial charge < -0.3 is 39.8 Å². The SMILES string of the molecule is C/C=C(\C)c1cccc([C@H](O)[C@@H](C)NC(=O)[C@H](C)[C@@H](OC)[C@@H]2CCCN2C(=O)C[C@@H](OC)[C@H]([C@@H](C)CC)N(C)C(=O)C(NC(=O)[C@H](C(C)C)N(C)C(=O)OCC)C(C)C)c1. The van der Waals surface area contributed by atoms with Crippen molar-refractivity contribution in [2.75, 3.05) is 41.5 Å². The highest BCUT2D eigenvalue weighted by Gasteiger charge is 2.43. The Bertz CT molecular complexity index is 1600. The molecule has 1 unspecified atom stereocenters. The van der Waals surface area contributed by atoms with E-state index in [4.69, 9.17) is 14.2 Å². The van der Waals surface area contributed by atoms with Crippen LogP contribution in [0.15, 0.2) is 30.3 Å². The molecule has 1 saturated heterocycles. The molecule has 0 radical (unpaired) electrons. The highest BCUT2D eigenvalue weighted by Crippen LogP contribution is 2.30. The van der Waals surface area contributed by atoms with Crippen molar-refractivity contribution in [1.29, 1.82) is 0 Å². The summed E-state index contributed by atoms with van der Waals surface area (Å²) in [6, 6.07) is 4.34. The number of likely N-dealkylation sites (N-methyl/N-ethyl adjacent to an activating group) is 2. The third kappa shape index (κ3) is 13.2. The molecule has 1 heterocycles. The second-order valence-corrected chi connectivity index (χ2v) is 17.2. The molecule has 1 aromatic rings. The summed E-state index contributed by atoms with van der Waals surface area (Å²) in [4.78, 5) is 73.4. The van der Waals surface area contributed by atoms with E-state index in [2.05, 4.69) is 10.6 Å². The fourth-order valence-corrected chi connectivity index (χ4v) is 8.40. The number of carbonyl (C=O) groups excluding carboxylic acids is 5. The van der Waals surface area contributed by atoms with E-state index in [1.165, 1.54) is 19.1 Å². The number of benzene rings is 1. The van der Waals surface area contributed by atoms with E-state index < -0.39 is 60.4 Å². The van der Waals surface area contributed by atoms with Gasteiger partial charge in [-0.2, -0.15) is 0 Å². The molecule has 0 aliphatic carbocycles. The lowest BCUT2D eigenvalue weighted by atomic mass is 9.89. The summed E-state index contributed by atoms with van der Waals surface area (Å²) in [5, 5.41) is 17.1. The van der Waals surface area contributed by atoms with Gasteiger partial charge in [-0.3, -0.25) is 24.1 Å². The van der Waals surface area contributed by atoms with Gasteiger partial charge in [0.05, 0.1) is 55.4 Å². The molecule has 1 aliphatic rings. The largest absolute Gasteiger partial charge is 0.450 e. The minimum Gasteiger partial charge on any atom is -0.450 e. The minimum absolute atomic E-state index is 0.0237. The Kier molecular flexibility index (Phi) is 21.2. The van der Waals surface area contributed by atoms with Crippen LogP contribution < -0.4 is 10.6 Å². The molecule has 14 nitrogen and oxygen atoms in total. The number of amides is 5. The zero-order valence-corrected chi connectivity index (χ0v) is 39.1. The van der Waals surface area contributed by atoms with Gasteiger partial charge in [-0.1, -0.05) is 79.2 Å². The number of allylic oxidation sites excluding steroid dienone is 2. The van der Waals surface area contributed by atoms with Crippen LogP contribution in [-0.4, -0.2) is 133 Å². The fourth-order valence-electron chi connectivity index (χ4n) is 8.40. The second kappa shape index (κ2) is 24.4.